The predicted octanol–water partition coefficient (Wildman–Crippen LogP) is 1.72. The van der Waals surface area contributed by atoms with Gasteiger partial charge in [0, 0.05) is 56.2 Å². The monoisotopic (exact) mass is 509 g/mol. The third-order valence-corrected chi connectivity index (χ3v) is 4.66. The van der Waals surface area contributed by atoms with Crippen molar-refractivity contribution in [3.63, 3.8) is 0 Å². The number of carbonyl (C=O) groups excluding carboxylic acids is 1. The van der Waals surface area contributed by atoms with E-state index < -0.39 is 0 Å². The Hall–Kier alpha value is -1.17. The first-order chi connectivity index (χ1) is 12.3. The number of nitrogens with zero attached hydrogens (tertiary/aromatic N) is 5. The van der Waals surface area contributed by atoms with E-state index in [-0.39, 0.29) is 42.0 Å². The topological polar surface area (TPSA) is 85.8 Å². The number of hydrogen-bond donors (Lipinski definition) is 2. The molecule has 0 bridgehead atoms. The lowest BCUT2D eigenvalue weighted by Gasteiger charge is -2.36. The van der Waals surface area contributed by atoms with Crippen LogP contribution in [0.15, 0.2) is 4.99 Å². The molecule has 1 saturated heterocycles. The highest BCUT2D eigenvalue weighted by Gasteiger charge is 2.22. The van der Waals surface area contributed by atoms with Crippen LogP contribution in [0.3, 0.4) is 0 Å². The summed E-state index contributed by atoms with van der Waals surface area (Å²) in [6, 6.07) is 0. The molecule has 1 fully saturated rings. The Morgan fingerprint density at radius 2 is 1.89 bits per heavy atom. The zero-order valence-corrected chi connectivity index (χ0v) is 20.1. The SMILES string of the molecule is CCNC(=NCC(=O)NC(C)(C)C)N1CCN(c2nc(CC)ns2)CC1.I. The molecular weight excluding hydrogens is 477 g/mol. The number of nitrogens with one attached hydrogen (secondary N) is 2. The van der Waals surface area contributed by atoms with E-state index in [1.54, 1.807) is 0 Å². The van der Waals surface area contributed by atoms with Crippen LogP contribution in [0.5, 0.6) is 0 Å². The Kier molecular flexibility index (Phi) is 9.71. The van der Waals surface area contributed by atoms with Gasteiger partial charge in [0.2, 0.25) is 11.0 Å². The van der Waals surface area contributed by atoms with E-state index in [9.17, 15) is 4.79 Å². The van der Waals surface area contributed by atoms with Crippen LogP contribution in [-0.2, 0) is 11.2 Å². The number of rotatable bonds is 5. The molecule has 0 radical (unpaired) electrons. The molecule has 1 aliphatic heterocycles. The molecule has 1 aromatic rings. The van der Waals surface area contributed by atoms with Crippen LogP contribution >= 0.6 is 35.5 Å². The Labute approximate surface area is 183 Å². The number of aromatic nitrogens is 2. The van der Waals surface area contributed by atoms with Gasteiger partial charge in [-0.1, -0.05) is 6.92 Å². The molecule has 0 atom stereocenters. The molecule has 2 heterocycles. The third kappa shape index (κ3) is 7.76. The molecule has 2 rings (SSSR count). The van der Waals surface area contributed by atoms with E-state index in [0.717, 1.165) is 56.1 Å². The average Bonchev–Trinajstić information content (AvgIpc) is 3.06. The molecule has 0 aromatic carbocycles. The summed E-state index contributed by atoms with van der Waals surface area (Å²) in [6.07, 6.45) is 0.865. The fourth-order valence-corrected chi connectivity index (χ4v) is 3.46. The highest BCUT2D eigenvalue weighted by molar-refractivity contribution is 14.0. The Bertz CT molecular complexity index is 621. The van der Waals surface area contributed by atoms with Crippen LogP contribution in [0.25, 0.3) is 0 Å². The van der Waals surface area contributed by atoms with Gasteiger partial charge in [-0.2, -0.15) is 4.37 Å². The summed E-state index contributed by atoms with van der Waals surface area (Å²) in [4.78, 5) is 25.6. The van der Waals surface area contributed by atoms with Crippen LogP contribution < -0.4 is 15.5 Å². The first-order valence-electron chi connectivity index (χ1n) is 9.24. The lowest BCUT2D eigenvalue weighted by Crippen LogP contribution is -2.53. The van der Waals surface area contributed by atoms with Crippen molar-refractivity contribution in [2.45, 2.75) is 46.6 Å². The van der Waals surface area contributed by atoms with E-state index in [1.807, 2.05) is 27.7 Å². The number of aliphatic imine (C=N–C) groups is 1. The molecular formula is C17H32IN7OS. The second kappa shape index (κ2) is 11.0. The molecule has 154 valence electrons. The van der Waals surface area contributed by atoms with Gasteiger partial charge in [-0.15, -0.1) is 24.0 Å². The quantitative estimate of drug-likeness (QED) is 0.357. The fourth-order valence-electron chi connectivity index (χ4n) is 2.66. The molecule has 1 aromatic heterocycles. The Morgan fingerprint density at radius 3 is 2.41 bits per heavy atom. The summed E-state index contributed by atoms with van der Waals surface area (Å²) < 4.78 is 4.37. The van der Waals surface area contributed by atoms with Crippen LogP contribution in [0.4, 0.5) is 5.13 Å². The minimum atomic E-state index is -0.240. The summed E-state index contributed by atoms with van der Waals surface area (Å²) >= 11 is 1.47. The minimum Gasteiger partial charge on any atom is -0.357 e. The summed E-state index contributed by atoms with van der Waals surface area (Å²) in [5, 5.41) is 7.23. The maximum Gasteiger partial charge on any atom is 0.242 e. The van der Waals surface area contributed by atoms with Crippen molar-refractivity contribution in [2.24, 2.45) is 4.99 Å². The molecule has 2 N–H and O–H groups in total. The number of piperazine rings is 1. The number of aryl methyl sites for hydroxylation is 1. The van der Waals surface area contributed by atoms with Gasteiger partial charge < -0.3 is 20.4 Å². The molecule has 1 amide bonds. The van der Waals surface area contributed by atoms with Gasteiger partial charge >= 0.3 is 0 Å². The number of carbonyl (C=O) groups is 1. The van der Waals surface area contributed by atoms with Gasteiger partial charge in [-0.3, -0.25) is 4.79 Å². The van der Waals surface area contributed by atoms with Crippen molar-refractivity contribution >= 4 is 52.5 Å². The first kappa shape index (κ1) is 23.9. The minimum absolute atomic E-state index is 0. The zero-order chi connectivity index (χ0) is 19.2. The Morgan fingerprint density at radius 1 is 1.22 bits per heavy atom. The van der Waals surface area contributed by atoms with Crippen LogP contribution in [0.1, 0.15) is 40.4 Å². The van der Waals surface area contributed by atoms with Crippen molar-refractivity contribution in [1.82, 2.24) is 24.9 Å². The van der Waals surface area contributed by atoms with Crippen LogP contribution in [0, 0.1) is 0 Å². The second-order valence-electron chi connectivity index (χ2n) is 7.29. The molecule has 0 spiro atoms. The molecule has 0 saturated carbocycles. The number of anilines is 1. The summed E-state index contributed by atoms with van der Waals surface area (Å²) in [7, 11) is 0. The molecule has 1 aliphatic rings. The smallest absolute Gasteiger partial charge is 0.242 e. The maximum atomic E-state index is 12.0. The summed E-state index contributed by atoms with van der Waals surface area (Å²) in [5.41, 5.74) is -0.240. The van der Waals surface area contributed by atoms with E-state index in [2.05, 4.69) is 41.7 Å². The molecule has 8 nitrogen and oxygen atoms in total. The highest BCUT2D eigenvalue weighted by Crippen LogP contribution is 2.19. The van der Waals surface area contributed by atoms with Crippen molar-refractivity contribution in [3.8, 4) is 0 Å². The summed E-state index contributed by atoms with van der Waals surface area (Å²) in [6.45, 7) is 14.3. The van der Waals surface area contributed by atoms with Crippen molar-refractivity contribution < 1.29 is 4.79 Å². The predicted molar refractivity (Wildman–Crippen MR) is 122 cm³/mol. The zero-order valence-electron chi connectivity index (χ0n) is 16.9. The lowest BCUT2D eigenvalue weighted by atomic mass is 10.1. The van der Waals surface area contributed by atoms with Gasteiger partial charge in [0.1, 0.15) is 12.4 Å². The summed E-state index contributed by atoms with van der Waals surface area (Å²) in [5.74, 6) is 1.64. The third-order valence-electron chi connectivity index (χ3n) is 3.85. The normalized spacial score (nSPS) is 15.4. The second-order valence-corrected chi connectivity index (χ2v) is 8.02. The molecule has 0 unspecified atom stereocenters. The van der Waals surface area contributed by atoms with Gasteiger partial charge in [0.15, 0.2) is 5.96 Å². The number of guanidine groups is 1. The van der Waals surface area contributed by atoms with Gasteiger partial charge in [-0.25, -0.2) is 9.98 Å². The van der Waals surface area contributed by atoms with E-state index in [4.69, 9.17) is 0 Å². The van der Waals surface area contributed by atoms with Crippen LogP contribution in [0.2, 0.25) is 0 Å². The number of halogens is 1. The molecule has 10 heteroatoms. The number of hydrogen-bond acceptors (Lipinski definition) is 6. The molecule has 0 aliphatic carbocycles. The van der Waals surface area contributed by atoms with Crippen molar-refractivity contribution in [2.75, 3.05) is 44.2 Å². The largest absolute Gasteiger partial charge is 0.357 e. The average molecular weight is 509 g/mol. The Balaban J connectivity index is 0.00000364. The van der Waals surface area contributed by atoms with Gasteiger partial charge in [-0.05, 0) is 27.7 Å². The highest BCUT2D eigenvalue weighted by atomic mass is 127. The maximum absolute atomic E-state index is 12.0. The first-order valence-corrected chi connectivity index (χ1v) is 10.0. The standard InChI is InChI=1S/C17H31N7OS.HI/c1-6-13-20-16(26-22-13)24-10-8-23(9-11-24)15(18-7-2)19-12-14(25)21-17(3,4)5;/h6-12H2,1-5H3,(H,18,19)(H,21,25);1H. The van der Waals surface area contributed by atoms with Crippen LogP contribution in [-0.4, -0.2) is 70.9 Å². The number of amides is 1. The van der Waals surface area contributed by atoms with E-state index >= 15 is 0 Å². The van der Waals surface area contributed by atoms with E-state index in [1.165, 1.54) is 11.5 Å². The lowest BCUT2D eigenvalue weighted by molar-refractivity contribution is -0.121. The van der Waals surface area contributed by atoms with Crippen molar-refractivity contribution in [1.29, 1.82) is 0 Å². The van der Waals surface area contributed by atoms with Gasteiger partial charge in [0.05, 0.1) is 0 Å². The van der Waals surface area contributed by atoms with Gasteiger partial charge in [0.25, 0.3) is 0 Å². The van der Waals surface area contributed by atoms with E-state index in [0.29, 0.717) is 0 Å². The fraction of sp³-hybridized carbons (Fsp3) is 0.765. The molecule has 27 heavy (non-hydrogen) atoms. The van der Waals surface area contributed by atoms with Crippen molar-refractivity contribution in [3.05, 3.63) is 5.82 Å².